The highest BCUT2D eigenvalue weighted by molar-refractivity contribution is 5.98. The molecule has 8 heteroatoms. The largest absolute Gasteiger partial charge is 0.483 e. The Labute approximate surface area is 179 Å². The number of carbonyl (C=O) groups is 2. The SMILES string of the molecule is CC1(C)C(=O)N(C2CCC3CC4CC2CC34)N1C(=O)COc1ccccc1C(F)(F)F. The number of fused-ring (bicyclic) bond motifs is 1. The second-order valence-corrected chi connectivity index (χ2v) is 9.99. The van der Waals surface area contributed by atoms with Crippen LogP contribution in [0.25, 0.3) is 0 Å². The molecule has 5 atom stereocenters. The third-order valence-electron chi connectivity index (χ3n) is 7.94. The van der Waals surface area contributed by atoms with Crippen molar-refractivity contribution >= 4 is 11.8 Å². The highest BCUT2D eigenvalue weighted by atomic mass is 19.4. The number of hydrazine groups is 1. The molecule has 1 saturated heterocycles. The first-order valence-electron chi connectivity index (χ1n) is 11.0. The van der Waals surface area contributed by atoms with E-state index in [1.54, 1.807) is 18.9 Å². The second-order valence-electron chi connectivity index (χ2n) is 9.99. The fraction of sp³-hybridized carbons (Fsp3) is 0.652. The maximum absolute atomic E-state index is 13.2. The summed E-state index contributed by atoms with van der Waals surface area (Å²) in [5.74, 6) is 1.69. The number of rotatable bonds is 4. The molecule has 0 N–H and O–H groups in total. The Morgan fingerprint density at radius 3 is 2.55 bits per heavy atom. The van der Waals surface area contributed by atoms with Crippen LogP contribution in [0.3, 0.4) is 0 Å². The molecule has 5 unspecified atom stereocenters. The van der Waals surface area contributed by atoms with E-state index in [4.69, 9.17) is 4.74 Å². The highest BCUT2D eigenvalue weighted by Crippen LogP contribution is 2.59. The summed E-state index contributed by atoms with van der Waals surface area (Å²) in [4.78, 5) is 26.0. The molecule has 1 aromatic rings. The van der Waals surface area contributed by atoms with Crippen LogP contribution in [0.15, 0.2) is 24.3 Å². The summed E-state index contributed by atoms with van der Waals surface area (Å²) >= 11 is 0. The number of nitrogens with zero attached hydrogens (tertiary/aromatic N) is 2. The monoisotopic (exact) mass is 436 g/mol. The number of ether oxygens (including phenoxy) is 1. The Bertz CT molecular complexity index is 916. The van der Waals surface area contributed by atoms with Crippen LogP contribution in [0.5, 0.6) is 5.75 Å². The standard InChI is InChI=1S/C23H27F3N2O3/c1-22(2)21(30)27(18-8-7-13-9-14-10-15(18)11-16(13)14)28(22)20(29)12-31-19-6-4-3-5-17(19)23(24,25)26/h3-6,13-16,18H,7-12H2,1-2H3. The van der Waals surface area contributed by atoms with Crippen LogP contribution in [0, 0.1) is 23.7 Å². The molecule has 168 valence electrons. The fourth-order valence-corrected chi connectivity index (χ4v) is 6.45. The Balaban J connectivity index is 1.32. The molecule has 5 rings (SSSR count). The molecule has 4 aliphatic rings. The average molecular weight is 436 g/mol. The number of para-hydroxylation sites is 1. The van der Waals surface area contributed by atoms with Crippen LogP contribution in [0.2, 0.25) is 0 Å². The van der Waals surface area contributed by atoms with Crippen molar-refractivity contribution in [2.75, 3.05) is 6.61 Å². The van der Waals surface area contributed by atoms with Gasteiger partial charge in [-0.25, -0.2) is 10.0 Å². The maximum Gasteiger partial charge on any atom is 0.419 e. The van der Waals surface area contributed by atoms with Gasteiger partial charge in [-0.3, -0.25) is 9.59 Å². The highest BCUT2D eigenvalue weighted by Gasteiger charge is 2.61. The van der Waals surface area contributed by atoms with Gasteiger partial charge in [0.25, 0.3) is 11.8 Å². The minimum atomic E-state index is -4.57. The first-order valence-corrected chi connectivity index (χ1v) is 11.0. The lowest BCUT2D eigenvalue weighted by Crippen LogP contribution is -2.79. The van der Waals surface area contributed by atoms with Crippen LogP contribution >= 0.6 is 0 Å². The van der Waals surface area contributed by atoms with Gasteiger partial charge in [-0.05, 0) is 81.8 Å². The minimum absolute atomic E-state index is 0.00950. The fourth-order valence-electron chi connectivity index (χ4n) is 6.45. The van der Waals surface area contributed by atoms with Gasteiger partial charge in [0.15, 0.2) is 6.61 Å². The van der Waals surface area contributed by atoms with E-state index in [0.29, 0.717) is 5.92 Å². The van der Waals surface area contributed by atoms with Crippen LogP contribution in [0.1, 0.15) is 51.5 Å². The van der Waals surface area contributed by atoms with E-state index >= 15 is 0 Å². The molecule has 1 heterocycles. The molecule has 31 heavy (non-hydrogen) atoms. The van der Waals surface area contributed by atoms with E-state index in [1.165, 1.54) is 29.6 Å². The summed E-state index contributed by atoms with van der Waals surface area (Å²) in [6.45, 7) is 2.81. The van der Waals surface area contributed by atoms with Crippen LogP contribution in [0.4, 0.5) is 13.2 Å². The molecule has 2 bridgehead atoms. The number of hydrogen-bond acceptors (Lipinski definition) is 3. The van der Waals surface area contributed by atoms with Gasteiger partial charge in [-0.1, -0.05) is 12.1 Å². The van der Waals surface area contributed by atoms with Crippen molar-refractivity contribution in [2.24, 2.45) is 23.7 Å². The van der Waals surface area contributed by atoms with Crippen molar-refractivity contribution < 1.29 is 27.5 Å². The zero-order valence-electron chi connectivity index (χ0n) is 17.7. The second kappa shape index (κ2) is 6.87. The van der Waals surface area contributed by atoms with Gasteiger partial charge in [0.05, 0.1) is 11.6 Å². The molecule has 3 saturated carbocycles. The predicted molar refractivity (Wildman–Crippen MR) is 106 cm³/mol. The Morgan fingerprint density at radius 2 is 1.81 bits per heavy atom. The van der Waals surface area contributed by atoms with Crippen LogP contribution in [-0.4, -0.2) is 40.0 Å². The van der Waals surface area contributed by atoms with Crippen molar-refractivity contribution in [1.29, 1.82) is 0 Å². The Morgan fingerprint density at radius 1 is 1.10 bits per heavy atom. The summed E-state index contributed by atoms with van der Waals surface area (Å²) in [6, 6.07) is 4.84. The lowest BCUT2D eigenvalue weighted by Gasteiger charge is -2.59. The lowest BCUT2D eigenvalue weighted by molar-refractivity contribution is -0.230. The van der Waals surface area contributed by atoms with Crippen LogP contribution in [-0.2, 0) is 15.8 Å². The number of hydrogen-bond donors (Lipinski definition) is 0. The number of halogens is 3. The van der Waals surface area contributed by atoms with Crippen molar-refractivity contribution in [3.8, 4) is 5.75 Å². The molecule has 0 spiro atoms. The Hall–Kier alpha value is -2.25. The summed E-state index contributed by atoms with van der Waals surface area (Å²) in [5.41, 5.74) is -1.93. The zero-order chi connectivity index (χ0) is 22.1. The zero-order valence-corrected chi connectivity index (χ0v) is 17.7. The number of alkyl halides is 3. The summed E-state index contributed by atoms with van der Waals surface area (Å²) in [7, 11) is 0. The van der Waals surface area contributed by atoms with E-state index in [2.05, 4.69) is 0 Å². The summed E-state index contributed by atoms with van der Waals surface area (Å²) in [5, 5.41) is 3.03. The summed E-state index contributed by atoms with van der Waals surface area (Å²) in [6.07, 6.45) is 0.890. The lowest BCUT2D eigenvalue weighted by atomic mass is 9.64. The molecule has 0 aromatic heterocycles. The summed E-state index contributed by atoms with van der Waals surface area (Å²) < 4.78 is 45.0. The molecule has 0 radical (unpaired) electrons. The predicted octanol–water partition coefficient (Wildman–Crippen LogP) is 4.27. The van der Waals surface area contributed by atoms with Crippen molar-refractivity contribution in [2.45, 2.75) is 63.7 Å². The first kappa shape index (κ1) is 20.6. The van der Waals surface area contributed by atoms with E-state index in [9.17, 15) is 22.8 Å². The van der Waals surface area contributed by atoms with Gasteiger partial charge in [0.2, 0.25) is 0 Å². The number of amides is 2. The topological polar surface area (TPSA) is 49.9 Å². The van der Waals surface area contributed by atoms with Gasteiger partial charge in [0, 0.05) is 0 Å². The first-order chi connectivity index (χ1) is 14.6. The minimum Gasteiger partial charge on any atom is -0.483 e. The van der Waals surface area contributed by atoms with Crippen molar-refractivity contribution in [3.05, 3.63) is 29.8 Å². The molecule has 4 fully saturated rings. The number of benzene rings is 1. The average Bonchev–Trinajstić information content (AvgIpc) is 2.95. The van der Waals surface area contributed by atoms with E-state index in [1.807, 2.05) is 0 Å². The van der Waals surface area contributed by atoms with Gasteiger partial charge >= 0.3 is 6.18 Å². The van der Waals surface area contributed by atoms with Crippen molar-refractivity contribution in [1.82, 2.24) is 10.0 Å². The maximum atomic E-state index is 13.2. The normalized spacial score (nSPS) is 33.5. The third-order valence-corrected chi connectivity index (χ3v) is 7.94. The Kier molecular flexibility index (Phi) is 4.58. The molecule has 1 aliphatic heterocycles. The van der Waals surface area contributed by atoms with Gasteiger partial charge in [-0.2, -0.15) is 13.2 Å². The molecule has 3 aliphatic carbocycles. The van der Waals surface area contributed by atoms with Crippen molar-refractivity contribution in [3.63, 3.8) is 0 Å². The molecule has 5 nitrogen and oxygen atoms in total. The van der Waals surface area contributed by atoms with Gasteiger partial charge in [0.1, 0.15) is 11.3 Å². The quantitative estimate of drug-likeness (QED) is 0.708. The van der Waals surface area contributed by atoms with E-state index < -0.39 is 29.8 Å². The molecule has 2 amide bonds. The number of carbonyl (C=O) groups excluding carboxylic acids is 2. The van der Waals surface area contributed by atoms with Gasteiger partial charge < -0.3 is 4.74 Å². The smallest absolute Gasteiger partial charge is 0.419 e. The van der Waals surface area contributed by atoms with Crippen LogP contribution < -0.4 is 4.74 Å². The third kappa shape index (κ3) is 3.12. The van der Waals surface area contributed by atoms with E-state index in [-0.39, 0.29) is 17.7 Å². The van der Waals surface area contributed by atoms with E-state index in [0.717, 1.165) is 49.5 Å². The molecule has 1 aromatic carbocycles. The molecular formula is C23H27F3N2O3. The van der Waals surface area contributed by atoms with Gasteiger partial charge in [-0.15, -0.1) is 0 Å². The molecular weight excluding hydrogens is 409 g/mol.